The molecule has 1 aliphatic carbocycles. The summed E-state index contributed by atoms with van der Waals surface area (Å²) in [6.07, 6.45) is 5.65. The number of anilines is 1. The number of carbonyl (C=O) groups is 1. The average Bonchev–Trinajstić information content (AvgIpc) is 3.44. The summed E-state index contributed by atoms with van der Waals surface area (Å²) in [5, 5.41) is 3.58. The highest BCUT2D eigenvalue weighted by atomic mass is 35.5. The predicted octanol–water partition coefficient (Wildman–Crippen LogP) is 4.12. The maximum absolute atomic E-state index is 12.9. The molecule has 4 rings (SSSR count). The molecule has 1 aliphatic rings. The van der Waals surface area contributed by atoms with Gasteiger partial charge in [0, 0.05) is 16.6 Å². The van der Waals surface area contributed by atoms with E-state index in [-0.39, 0.29) is 11.8 Å². The number of carbonyl (C=O) groups excluding carboxylic acids is 1. The van der Waals surface area contributed by atoms with Gasteiger partial charge in [-0.1, -0.05) is 23.7 Å². The summed E-state index contributed by atoms with van der Waals surface area (Å²) in [7, 11) is 0. The number of hydrogen-bond acceptors (Lipinski definition) is 5. The Bertz CT molecular complexity index is 1040. The number of hydrogen-bond donors (Lipinski definition) is 1. The first-order valence-electron chi connectivity index (χ1n) is 9.38. The summed E-state index contributed by atoms with van der Waals surface area (Å²) in [6.45, 7) is 4.06. The van der Waals surface area contributed by atoms with Crippen molar-refractivity contribution >= 4 is 23.2 Å². The monoisotopic (exact) mass is 408 g/mol. The third kappa shape index (κ3) is 4.07. The van der Waals surface area contributed by atoms with Crippen molar-refractivity contribution < 1.29 is 9.53 Å². The molecule has 0 bridgehead atoms. The van der Waals surface area contributed by atoms with Gasteiger partial charge in [0.1, 0.15) is 5.82 Å². The molecular formula is C22H21ClN4O2. The van der Waals surface area contributed by atoms with Crippen LogP contribution in [0.2, 0.25) is 5.02 Å². The van der Waals surface area contributed by atoms with Crippen LogP contribution in [0.25, 0.3) is 0 Å². The van der Waals surface area contributed by atoms with Gasteiger partial charge in [0.05, 0.1) is 36.3 Å². The van der Waals surface area contributed by atoms with E-state index in [1.807, 2.05) is 44.2 Å². The number of nitrogens with zero attached hydrogens (tertiary/aromatic N) is 3. The van der Waals surface area contributed by atoms with E-state index in [2.05, 4.69) is 20.3 Å². The fraction of sp³-hybridized carbons (Fsp3) is 0.273. The van der Waals surface area contributed by atoms with Crippen LogP contribution in [0.3, 0.4) is 0 Å². The van der Waals surface area contributed by atoms with Gasteiger partial charge in [-0.15, -0.1) is 0 Å². The molecule has 2 atom stereocenters. The van der Waals surface area contributed by atoms with Crippen LogP contribution >= 0.6 is 11.6 Å². The van der Waals surface area contributed by atoms with E-state index in [0.29, 0.717) is 35.3 Å². The van der Waals surface area contributed by atoms with Gasteiger partial charge in [-0.3, -0.25) is 9.78 Å². The number of aryl methyl sites for hydroxylation is 2. The van der Waals surface area contributed by atoms with E-state index in [1.165, 1.54) is 0 Å². The van der Waals surface area contributed by atoms with E-state index in [9.17, 15) is 4.79 Å². The van der Waals surface area contributed by atoms with Gasteiger partial charge in [0.25, 0.3) is 0 Å². The second kappa shape index (κ2) is 7.79. The number of halogens is 1. The molecule has 148 valence electrons. The number of ether oxygens (including phenoxy) is 1. The molecule has 2 heterocycles. The van der Waals surface area contributed by atoms with Crippen molar-refractivity contribution in [2.75, 3.05) is 11.9 Å². The number of nitrogens with one attached hydrogen (secondary N) is 1. The minimum atomic E-state index is -0.450. The van der Waals surface area contributed by atoms with Gasteiger partial charge in [-0.2, -0.15) is 0 Å². The third-order valence-electron chi connectivity index (χ3n) is 5.26. The summed E-state index contributed by atoms with van der Waals surface area (Å²) in [5.74, 6) is 1.03. The molecule has 2 aromatic heterocycles. The maximum atomic E-state index is 12.9. The maximum Gasteiger partial charge on any atom is 0.228 e. The van der Waals surface area contributed by atoms with Crippen LogP contribution in [0.4, 0.5) is 5.69 Å². The third-order valence-corrected chi connectivity index (χ3v) is 5.50. The summed E-state index contributed by atoms with van der Waals surface area (Å²) >= 11 is 6.23. The quantitative estimate of drug-likeness (QED) is 0.664. The minimum Gasteiger partial charge on any atom is -0.489 e. The molecule has 1 amide bonds. The topological polar surface area (TPSA) is 77.0 Å². The smallest absolute Gasteiger partial charge is 0.228 e. The number of benzene rings is 1. The zero-order valence-electron chi connectivity index (χ0n) is 16.2. The van der Waals surface area contributed by atoms with Crippen molar-refractivity contribution in [3.05, 3.63) is 77.1 Å². The van der Waals surface area contributed by atoms with Gasteiger partial charge in [-0.05, 0) is 50.1 Å². The van der Waals surface area contributed by atoms with E-state index >= 15 is 0 Å². The van der Waals surface area contributed by atoms with Gasteiger partial charge < -0.3 is 10.1 Å². The average molecular weight is 409 g/mol. The first-order valence-corrected chi connectivity index (χ1v) is 9.76. The van der Waals surface area contributed by atoms with Crippen molar-refractivity contribution in [2.24, 2.45) is 5.92 Å². The molecule has 0 saturated heterocycles. The van der Waals surface area contributed by atoms with Crippen LogP contribution in [-0.4, -0.2) is 27.5 Å². The van der Waals surface area contributed by atoms with Crippen molar-refractivity contribution in [2.45, 2.75) is 25.7 Å². The lowest BCUT2D eigenvalue weighted by molar-refractivity contribution is -0.117. The Balaban J connectivity index is 1.57. The molecule has 1 fully saturated rings. The second-order valence-electron chi connectivity index (χ2n) is 7.31. The SMILES string of the molecule is Cc1ncc(OCC2(c3cccc(Cl)c3)CC2C(=O)Nc2cccnc2)c(C)n1. The van der Waals surface area contributed by atoms with Gasteiger partial charge in [-0.25, -0.2) is 9.97 Å². The molecule has 7 heteroatoms. The lowest BCUT2D eigenvalue weighted by Crippen LogP contribution is -2.26. The highest BCUT2D eigenvalue weighted by Crippen LogP contribution is 2.55. The van der Waals surface area contributed by atoms with Crippen LogP contribution in [0.1, 0.15) is 23.5 Å². The summed E-state index contributed by atoms with van der Waals surface area (Å²) in [5.41, 5.74) is 1.99. The zero-order chi connectivity index (χ0) is 20.4. The molecule has 0 aliphatic heterocycles. The van der Waals surface area contributed by atoms with Crippen molar-refractivity contribution in [1.29, 1.82) is 0 Å². The predicted molar refractivity (Wildman–Crippen MR) is 111 cm³/mol. The molecule has 1 aromatic carbocycles. The first kappa shape index (κ1) is 19.3. The number of aromatic nitrogens is 3. The van der Waals surface area contributed by atoms with E-state index in [0.717, 1.165) is 11.3 Å². The number of amides is 1. The molecule has 29 heavy (non-hydrogen) atoms. The van der Waals surface area contributed by atoms with Gasteiger partial charge in [0.2, 0.25) is 5.91 Å². The molecule has 1 N–H and O–H groups in total. The molecule has 0 spiro atoms. The molecule has 1 saturated carbocycles. The van der Waals surface area contributed by atoms with Crippen LogP contribution < -0.4 is 10.1 Å². The number of rotatable bonds is 6. The van der Waals surface area contributed by atoms with Crippen molar-refractivity contribution in [3.8, 4) is 5.75 Å². The normalized spacial score (nSPS) is 20.2. The summed E-state index contributed by atoms with van der Waals surface area (Å²) < 4.78 is 6.08. The molecular weight excluding hydrogens is 388 g/mol. The van der Waals surface area contributed by atoms with Crippen LogP contribution in [0.15, 0.2) is 55.0 Å². The molecule has 6 nitrogen and oxygen atoms in total. The summed E-state index contributed by atoms with van der Waals surface area (Å²) in [6, 6.07) is 11.2. The van der Waals surface area contributed by atoms with Crippen LogP contribution in [-0.2, 0) is 10.2 Å². The highest BCUT2D eigenvalue weighted by Gasteiger charge is 2.60. The molecule has 0 radical (unpaired) electrons. The first-order chi connectivity index (χ1) is 14.0. The Hall–Kier alpha value is -2.99. The zero-order valence-corrected chi connectivity index (χ0v) is 17.0. The Kier molecular flexibility index (Phi) is 5.20. The van der Waals surface area contributed by atoms with Gasteiger partial charge >= 0.3 is 0 Å². The fourth-order valence-electron chi connectivity index (χ4n) is 3.60. The largest absolute Gasteiger partial charge is 0.489 e. The molecule has 3 aromatic rings. The van der Waals surface area contributed by atoms with E-state index < -0.39 is 5.41 Å². The second-order valence-corrected chi connectivity index (χ2v) is 7.75. The summed E-state index contributed by atoms with van der Waals surface area (Å²) in [4.78, 5) is 25.5. The lowest BCUT2D eigenvalue weighted by Gasteiger charge is -2.20. The van der Waals surface area contributed by atoms with Crippen molar-refractivity contribution in [1.82, 2.24) is 15.0 Å². The van der Waals surface area contributed by atoms with E-state index in [4.69, 9.17) is 16.3 Å². The Morgan fingerprint density at radius 1 is 1.28 bits per heavy atom. The number of pyridine rings is 1. The van der Waals surface area contributed by atoms with E-state index in [1.54, 1.807) is 24.7 Å². The van der Waals surface area contributed by atoms with Crippen LogP contribution in [0, 0.1) is 19.8 Å². The Morgan fingerprint density at radius 3 is 2.86 bits per heavy atom. The van der Waals surface area contributed by atoms with Crippen LogP contribution in [0.5, 0.6) is 5.75 Å². The highest BCUT2D eigenvalue weighted by molar-refractivity contribution is 6.30. The fourth-order valence-corrected chi connectivity index (χ4v) is 3.79. The Labute approximate surface area is 174 Å². The van der Waals surface area contributed by atoms with Crippen molar-refractivity contribution in [3.63, 3.8) is 0 Å². The minimum absolute atomic E-state index is 0.0570. The standard InChI is InChI=1S/C22H21ClN4O2/c1-14-20(12-25-15(2)26-14)29-13-22(16-5-3-6-17(23)9-16)10-19(22)21(28)27-18-7-4-8-24-11-18/h3-9,11-12,19H,10,13H2,1-2H3,(H,27,28). The van der Waals surface area contributed by atoms with Gasteiger partial charge in [0.15, 0.2) is 5.75 Å². The Morgan fingerprint density at radius 2 is 2.14 bits per heavy atom. The molecule has 2 unspecified atom stereocenters. The lowest BCUT2D eigenvalue weighted by atomic mass is 9.93.